The molecule has 4 N–H and O–H groups in total. The van der Waals surface area contributed by atoms with Crippen molar-refractivity contribution in [1.82, 2.24) is 29.1 Å². The lowest BCUT2D eigenvalue weighted by Gasteiger charge is -2.25. The normalized spacial score (nSPS) is 12.5. The molecule has 56 heavy (non-hydrogen) atoms. The third kappa shape index (κ3) is 9.60. The summed E-state index contributed by atoms with van der Waals surface area (Å²) in [4.78, 5) is 56.3. The van der Waals surface area contributed by atoms with Crippen LogP contribution in [0.2, 0.25) is 0 Å². The fraction of sp³-hybridized carbons (Fsp3) is 0.333. The molecule has 0 aromatic carbocycles. The molecule has 15 nitrogen and oxygen atoms in total. The molecule has 6 heterocycles. The maximum atomic E-state index is 13.5. The monoisotopic (exact) mass is 797 g/mol. The van der Waals surface area contributed by atoms with Gasteiger partial charge in [0.05, 0.1) is 23.1 Å². The van der Waals surface area contributed by atoms with Crippen LogP contribution in [0.4, 0.5) is 10.3 Å². The number of amides is 3. The fourth-order valence-corrected chi connectivity index (χ4v) is 7.76. The number of anilines is 2. The summed E-state index contributed by atoms with van der Waals surface area (Å²) in [6.45, 7) is 14.3. The van der Waals surface area contributed by atoms with Crippen molar-refractivity contribution in [3.8, 4) is 0 Å². The van der Waals surface area contributed by atoms with Crippen LogP contribution >= 0.6 is 22.7 Å². The lowest BCUT2D eigenvalue weighted by molar-refractivity contribution is -0.764. The summed E-state index contributed by atoms with van der Waals surface area (Å²) in [6.07, 6.45) is 11.7. The fourth-order valence-electron chi connectivity index (χ4n) is 6.04. The van der Waals surface area contributed by atoms with Crippen LogP contribution in [0.5, 0.6) is 0 Å². The van der Waals surface area contributed by atoms with Crippen LogP contribution in [0.15, 0.2) is 84.5 Å². The molecule has 0 saturated carbocycles. The zero-order valence-electron chi connectivity index (χ0n) is 32.2. The number of carbonyl (C=O) groups is 3. The van der Waals surface area contributed by atoms with Gasteiger partial charge in [-0.3, -0.25) is 30.0 Å². The second kappa shape index (κ2) is 16.6. The van der Waals surface area contributed by atoms with Crippen molar-refractivity contribution in [3.63, 3.8) is 0 Å². The van der Waals surface area contributed by atoms with E-state index in [2.05, 4.69) is 30.6 Å². The summed E-state index contributed by atoms with van der Waals surface area (Å²) in [7, 11) is 0. The Labute approximate surface area is 332 Å². The standard InChI is InChI=1S/C39H44N10O5S2/c1-24(2)53-38(4,5)30-22-55-36(43-30)45-34(51)29-18-28(32(40)50)21-49(29)20-27-10-15-47(16-11-27)25(3)54-39(6,7)31-23-56-37(44-31)46-35(52)33-42-14-17-48(33)19-26-8-12-41-13-9-26/h8-18,21-25H,19-20H2,1-7H3,(H3-,40,43,44,45,46,50,51,52)/p+1. The zero-order valence-corrected chi connectivity index (χ0v) is 33.9. The molecule has 6 aromatic rings. The first-order valence-corrected chi connectivity index (χ1v) is 19.6. The second-order valence-corrected chi connectivity index (χ2v) is 16.1. The Morgan fingerprint density at radius 1 is 0.821 bits per heavy atom. The van der Waals surface area contributed by atoms with Gasteiger partial charge in [-0.1, -0.05) is 0 Å². The van der Waals surface area contributed by atoms with Gasteiger partial charge in [0.1, 0.15) is 16.9 Å². The van der Waals surface area contributed by atoms with Crippen molar-refractivity contribution >= 4 is 50.7 Å². The first-order chi connectivity index (χ1) is 26.6. The molecule has 0 aliphatic rings. The van der Waals surface area contributed by atoms with Gasteiger partial charge in [0.25, 0.3) is 18.0 Å². The molecule has 1 unspecified atom stereocenters. The molecule has 292 valence electrons. The van der Waals surface area contributed by atoms with E-state index in [-0.39, 0.29) is 29.1 Å². The number of thiazole rings is 2. The Kier molecular flexibility index (Phi) is 11.9. The van der Waals surface area contributed by atoms with Crippen LogP contribution in [-0.4, -0.2) is 52.9 Å². The van der Waals surface area contributed by atoms with Crippen molar-refractivity contribution in [2.45, 2.75) is 85.1 Å². The highest BCUT2D eigenvalue weighted by atomic mass is 32.1. The number of pyridine rings is 2. The molecular formula is C39H45N10O5S2+. The van der Waals surface area contributed by atoms with Crippen molar-refractivity contribution in [1.29, 1.82) is 0 Å². The number of nitrogens with zero attached hydrogens (tertiary/aromatic N) is 7. The number of ether oxygens (including phenoxy) is 2. The molecule has 6 rings (SSSR count). The van der Waals surface area contributed by atoms with E-state index in [0.29, 0.717) is 34.7 Å². The van der Waals surface area contributed by atoms with Gasteiger partial charge in [-0.2, -0.15) is 4.57 Å². The van der Waals surface area contributed by atoms with Crippen LogP contribution in [0.1, 0.15) is 109 Å². The Morgan fingerprint density at radius 3 is 2.00 bits per heavy atom. The van der Waals surface area contributed by atoms with Gasteiger partial charge < -0.3 is 24.3 Å². The topological polar surface area (TPSA) is 185 Å². The number of imidazole rings is 1. The van der Waals surface area contributed by atoms with Crippen LogP contribution in [-0.2, 0) is 33.8 Å². The van der Waals surface area contributed by atoms with Crippen LogP contribution in [0, 0.1) is 0 Å². The summed E-state index contributed by atoms with van der Waals surface area (Å²) in [5, 5.41) is 10.3. The van der Waals surface area contributed by atoms with Crippen LogP contribution in [0.3, 0.4) is 0 Å². The lowest BCUT2D eigenvalue weighted by Crippen LogP contribution is -2.42. The maximum absolute atomic E-state index is 13.5. The molecule has 0 radical (unpaired) electrons. The van der Waals surface area contributed by atoms with E-state index in [1.165, 1.54) is 28.7 Å². The van der Waals surface area contributed by atoms with E-state index < -0.39 is 29.2 Å². The molecule has 0 fully saturated rings. The molecule has 0 spiro atoms. The molecule has 3 amide bonds. The third-order valence-corrected chi connectivity index (χ3v) is 10.3. The SMILES string of the molecule is CC(C)OC(C)(C)c1csc(NC(=O)c2cc(C(N)=O)cn2Cc2cc[n+](C(C)OC(C)(C)c3csc(NC(=O)c4nccn4Cc4ccncc4)n3)cc2)n1. The van der Waals surface area contributed by atoms with E-state index >= 15 is 0 Å². The van der Waals surface area contributed by atoms with Gasteiger partial charge >= 0.3 is 0 Å². The number of nitrogens with two attached hydrogens (primary N) is 1. The van der Waals surface area contributed by atoms with Gasteiger partial charge in [-0.25, -0.2) is 15.0 Å². The molecule has 17 heteroatoms. The van der Waals surface area contributed by atoms with E-state index in [4.69, 9.17) is 15.2 Å². The number of primary amides is 1. The Bertz CT molecular complexity index is 2310. The highest BCUT2D eigenvalue weighted by Gasteiger charge is 2.31. The summed E-state index contributed by atoms with van der Waals surface area (Å²) in [6, 6.07) is 9.09. The molecule has 0 bridgehead atoms. The largest absolute Gasteiger partial charge is 0.367 e. The quantitative estimate of drug-likeness (QED) is 0.0973. The predicted molar refractivity (Wildman–Crippen MR) is 212 cm³/mol. The molecule has 0 saturated heterocycles. The molecule has 1 atom stereocenters. The summed E-state index contributed by atoms with van der Waals surface area (Å²) >= 11 is 2.60. The number of hydrogen-bond acceptors (Lipinski definition) is 11. The highest BCUT2D eigenvalue weighted by molar-refractivity contribution is 7.14. The van der Waals surface area contributed by atoms with Crippen molar-refractivity contribution < 1.29 is 28.4 Å². The van der Waals surface area contributed by atoms with Crippen molar-refractivity contribution in [3.05, 3.63) is 124 Å². The maximum Gasteiger partial charge on any atom is 0.293 e. The smallest absolute Gasteiger partial charge is 0.293 e. The number of aromatic nitrogens is 7. The summed E-state index contributed by atoms with van der Waals surface area (Å²) in [5.74, 6) is -1.15. The van der Waals surface area contributed by atoms with E-state index in [0.717, 1.165) is 11.1 Å². The minimum absolute atomic E-state index is 0.00239. The number of rotatable bonds is 16. The highest BCUT2D eigenvalue weighted by Crippen LogP contribution is 2.32. The molecule has 0 aliphatic carbocycles. The number of nitrogens with one attached hydrogen (secondary N) is 2. The van der Waals surface area contributed by atoms with Crippen LogP contribution < -0.4 is 20.9 Å². The van der Waals surface area contributed by atoms with Gasteiger partial charge in [-0.15, -0.1) is 22.7 Å². The van der Waals surface area contributed by atoms with Crippen LogP contribution in [0.25, 0.3) is 0 Å². The molecule has 6 aromatic heterocycles. The second-order valence-electron chi connectivity index (χ2n) is 14.4. The lowest BCUT2D eigenvalue weighted by atomic mass is 10.1. The summed E-state index contributed by atoms with van der Waals surface area (Å²) < 4.78 is 17.8. The molecule has 0 aliphatic heterocycles. The van der Waals surface area contributed by atoms with Gasteiger partial charge in [-0.05, 0) is 70.9 Å². The van der Waals surface area contributed by atoms with E-state index in [9.17, 15) is 14.4 Å². The average Bonchev–Trinajstić information content (AvgIpc) is 3.96. The minimum Gasteiger partial charge on any atom is -0.367 e. The first-order valence-electron chi connectivity index (χ1n) is 17.9. The summed E-state index contributed by atoms with van der Waals surface area (Å²) in [5.41, 5.74) is 7.87. The average molecular weight is 798 g/mol. The van der Waals surface area contributed by atoms with Gasteiger partial charge in [0.2, 0.25) is 5.91 Å². The number of carbonyl (C=O) groups excluding carboxylic acids is 3. The Hall–Kier alpha value is -5.62. The van der Waals surface area contributed by atoms with Gasteiger partial charge in [0.15, 0.2) is 28.5 Å². The predicted octanol–water partition coefficient (Wildman–Crippen LogP) is 6.11. The van der Waals surface area contributed by atoms with E-state index in [1.54, 1.807) is 40.1 Å². The number of hydrogen-bond donors (Lipinski definition) is 3. The Morgan fingerprint density at radius 2 is 1.39 bits per heavy atom. The van der Waals surface area contributed by atoms with E-state index in [1.807, 2.05) is 100 Å². The van der Waals surface area contributed by atoms with Gasteiger partial charge in [0, 0.05) is 73.9 Å². The molecular weight excluding hydrogens is 753 g/mol. The third-order valence-electron chi connectivity index (χ3n) is 8.81. The Balaban J connectivity index is 1.08. The minimum atomic E-state index is -0.807. The van der Waals surface area contributed by atoms with Crippen molar-refractivity contribution in [2.75, 3.05) is 10.6 Å². The van der Waals surface area contributed by atoms with Crippen molar-refractivity contribution in [2.24, 2.45) is 5.73 Å². The first kappa shape index (κ1) is 40.1. The zero-order chi connectivity index (χ0) is 40.2.